The summed E-state index contributed by atoms with van der Waals surface area (Å²) in [6.07, 6.45) is 6.43. The van der Waals surface area contributed by atoms with Gasteiger partial charge in [0.2, 0.25) is 11.8 Å². The van der Waals surface area contributed by atoms with E-state index in [4.69, 9.17) is 0 Å². The average Bonchev–Trinajstić information content (AvgIpc) is 2.77. The fourth-order valence-corrected chi connectivity index (χ4v) is 4.06. The summed E-state index contributed by atoms with van der Waals surface area (Å²) >= 11 is 0. The Morgan fingerprint density at radius 3 is 1.95 bits per heavy atom. The van der Waals surface area contributed by atoms with Crippen LogP contribution in [-0.4, -0.2) is 16.7 Å². The molecule has 2 amide bonds. The third-order valence-electron chi connectivity index (χ3n) is 5.03. The van der Waals surface area contributed by atoms with E-state index < -0.39 is 0 Å². The number of imide groups is 1. The SMILES string of the molecule is O=C1[C@@H]2[C@H](C(=O)N1Cc1ccccc1)[C@@H]1C=C[C@@H]2CC1. The van der Waals surface area contributed by atoms with Gasteiger partial charge in [-0.05, 0) is 30.2 Å². The van der Waals surface area contributed by atoms with E-state index in [1.807, 2.05) is 30.3 Å². The zero-order valence-electron chi connectivity index (χ0n) is 11.2. The summed E-state index contributed by atoms with van der Waals surface area (Å²) in [5.41, 5.74) is 1.02. The maximum atomic E-state index is 12.6. The lowest BCUT2D eigenvalue weighted by atomic mass is 9.63. The molecule has 2 bridgehead atoms. The van der Waals surface area contributed by atoms with Crippen LogP contribution in [0.4, 0.5) is 0 Å². The normalized spacial score (nSPS) is 34.7. The monoisotopic (exact) mass is 267 g/mol. The minimum absolute atomic E-state index is 0.0444. The molecule has 0 aromatic heterocycles. The third kappa shape index (κ3) is 1.59. The van der Waals surface area contributed by atoms with Crippen LogP contribution in [0.15, 0.2) is 42.5 Å². The Bertz CT molecular complexity index is 560. The number of benzene rings is 1. The summed E-state index contributed by atoms with van der Waals surface area (Å²) in [6.45, 7) is 0.422. The van der Waals surface area contributed by atoms with Crippen LogP contribution in [0.5, 0.6) is 0 Å². The molecule has 4 aliphatic rings. The van der Waals surface area contributed by atoms with Gasteiger partial charge in [-0.2, -0.15) is 0 Å². The molecular formula is C17H17NO2. The van der Waals surface area contributed by atoms with Gasteiger partial charge in [0.1, 0.15) is 0 Å². The Morgan fingerprint density at radius 1 is 0.900 bits per heavy atom. The molecule has 0 spiro atoms. The van der Waals surface area contributed by atoms with E-state index in [-0.39, 0.29) is 35.5 Å². The molecule has 1 aromatic carbocycles. The molecular weight excluding hydrogens is 250 g/mol. The predicted molar refractivity (Wildman–Crippen MR) is 74.3 cm³/mol. The fraction of sp³-hybridized carbons (Fsp3) is 0.412. The molecule has 1 aliphatic heterocycles. The number of fused-ring (bicyclic) bond motifs is 1. The van der Waals surface area contributed by atoms with E-state index in [1.54, 1.807) is 0 Å². The molecule has 1 saturated carbocycles. The van der Waals surface area contributed by atoms with E-state index in [9.17, 15) is 9.59 Å². The van der Waals surface area contributed by atoms with Crippen LogP contribution < -0.4 is 0 Å². The standard InChI is InChI=1S/C17H17NO2/c19-16-14-12-6-7-13(9-8-12)15(14)17(20)18(16)10-11-4-2-1-3-5-11/h1-7,12-15H,8-10H2/t12-,13-,14-,15+/m1/s1. The summed E-state index contributed by atoms with van der Waals surface area (Å²) in [7, 11) is 0. The van der Waals surface area contributed by atoms with Gasteiger partial charge in [-0.1, -0.05) is 42.5 Å². The largest absolute Gasteiger partial charge is 0.278 e. The van der Waals surface area contributed by atoms with Gasteiger partial charge in [-0.3, -0.25) is 14.5 Å². The molecule has 102 valence electrons. The average molecular weight is 267 g/mol. The van der Waals surface area contributed by atoms with Crippen LogP contribution in [-0.2, 0) is 16.1 Å². The highest BCUT2D eigenvalue weighted by atomic mass is 16.2. The van der Waals surface area contributed by atoms with Crippen molar-refractivity contribution in [1.82, 2.24) is 4.90 Å². The zero-order chi connectivity index (χ0) is 13.7. The first-order valence-corrected chi connectivity index (χ1v) is 7.33. The molecule has 3 heteroatoms. The Labute approximate surface area is 118 Å². The van der Waals surface area contributed by atoms with E-state index in [0.717, 1.165) is 18.4 Å². The topological polar surface area (TPSA) is 37.4 Å². The van der Waals surface area contributed by atoms with Gasteiger partial charge in [0.15, 0.2) is 0 Å². The van der Waals surface area contributed by atoms with Crippen molar-refractivity contribution in [2.75, 3.05) is 0 Å². The van der Waals surface area contributed by atoms with Crippen molar-refractivity contribution in [2.24, 2.45) is 23.7 Å². The van der Waals surface area contributed by atoms with Crippen molar-refractivity contribution in [3.05, 3.63) is 48.0 Å². The molecule has 20 heavy (non-hydrogen) atoms. The van der Waals surface area contributed by atoms with Crippen molar-refractivity contribution in [1.29, 1.82) is 0 Å². The number of carbonyl (C=O) groups excluding carboxylic acids is 2. The second-order valence-electron chi connectivity index (χ2n) is 6.09. The zero-order valence-corrected chi connectivity index (χ0v) is 11.2. The highest BCUT2D eigenvalue weighted by molar-refractivity contribution is 6.05. The molecule has 3 aliphatic carbocycles. The van der Waals surface area contributed by atoms with E-state index in [1.165, 1.54) is 4.90 Å². The Hall–Kier alpha value is -1.90. The smallest absolute Gasteiger partial charge is 0.234 e. The van der Waals surface area contributed by atoms with Crippen molar-refractivity contribution >= 4 is 11.8 Å². The van der Waals surface area contributed by atoms with Crippen molar-refractivity contribution in [3.63, 3.8) is 0 Å². The maximum Gasteiger partial charge on any atom is 0.234 e. The van der Waals surface area contributed by atoms with E-state index in [0.29, 0.717) is 6.54 Å². The molecule has 0 N–H and O–H groups in total. The van der Waals surface area contributed by atoms with Gasteiger partial charge in [-0.25, -0.2) is 0 Å². The van der Waals surface area contributed by atoms with Gasteiger partial charge in [-0.15, -0.1) is 0 Å². The molecule has 2 fully saturated rings. The number of nitrogens with zero attached hydrogens (tertiary/aromatic N) is 1. The second-order valence-corrected chi connectivity index (χ2v) is 6.09. The summed E-state index contributed by atoms with van der Waals surface area (Å²) in [5.74, 6) is 0.472. The lowest BCUT2D eigenvalue weighted by Crippen LogP contribution is -2.38. The van der Waals surface area contributed by atoms with Gasteiger partial charge < -0.3 is 0 Å². The molecule has 3 nitrogen and oxygen atoms in total. The van der Waals surface area contributed by atoms with Crippen LogP contribution in [0.2, 0.25) is 0 Å². The molecule has 1 aromatic rings. The number of allylic oxidation sites excluding steroid dienone is 2. The molecule has 5 rings (SSSR count). The van der Waals surface area contributed by atoms with Gasteiger partial charge in [0.05, 0.1) is 18.4 Å². The number of likely N-dealkylation sites (tertiary alicyclic amines) is 1. The highest BCUT2D eigenvalue weighted by Gasteiger charge is 2.56. The fourth-order valence-electron chi connectivity index (χ4n) is 4.06. The van der Waals surface area contributed by atoms with Crippen LogP contribution in [0.25, 0.3) is 0 Å². The first-order valence-electron chi connectivity index (χ1n) is 7.33. The van der Waals surface area contributed by atoms with Crippen molar-refractivity contribution in [3.8, 4) is 0 Å². The van der Waals surface area contributed by atoms with Crippen LogP contribution in [0.3, 0.4) is 0 Å². The summed E-state index contributed by atoms with van der Waals surface area (Å²) in [6, 6.07) is 9.77. The van der Waals surface area contributed by atoms with Gasteiger partial charge in [0.25, 0.3) is 0 Å². The van der Waals surface area contributed by atoms with Crippen LogP contribution in [0, 0.1) is 23.7 Å². The number of hydrogen-bond acceptors (Lipinski definition) is 2. The number of carbonyl (C=O) groups is 2. The molecule has 0 unspecified atom stereocenters. The minimum atomic E-state index is -0.0880. The highest BCUT2D eigenvalue weighted by Crippen LogP contribution is 2.49. The summed E-state index contributed by atoms with van der Waals surface area (Å²) < 4.78 is 0. The number of hydrogen-bond donors (Lipinski definition) is 0. The van der Waals surface area contributed by atoms with Crippen LogP contribution >= 0.6 is 0 Å². The first-order chi connectivity index (χ1) is 9.75. The predicted octanol–water partition coefficient (Wildman–Crippen LogP) is 2.38. The molecule has 1 saturated heterocycles. The molecule has 1 heterocycles. The van der Waals surface area contributed by atoms with Crippen molar-refractivity contribution in [2.45, 2.75) is 19.4 Å². The van der Waals surface area contributed by atoms with Crippen molar-refractivity contribution < 1.29 is 9.59 Å². The van der Waals surface area contributed by atoms with E-state index >= 15 is 0 Å². The molecule has 0 radical (unpaired) electrons. The minimum Gasteiger partial charge on any atom is -0.278 e. The van der Waals surface area contributed by atoms with E-state index in [2.05, 4.69) is 12.2 Å². The second kappa shape index (κ2) is 4.30. The maximum absolute atomic E-state index is 12.6. The Balaban J connectivity index is 1.64. The Morgan fingerprint density at radius 2 is 1.45 bits per heavy atom. The van der Waals surface area contributed by atoms with Crippen LogP contribution in [0.1, 0.15) is 18.4 Å². The number of rotatable bonds is 2. The lowest BCUT2D eigenvalue weighted by Gasteiger charge is -2.38. The third-order valence-corrected chi connectivity index (χ3v) is 5.03. The molecule has 4 atom stereocenters. The van der Waals surface area contributed by atoms with Gasteiger partial charge >= 0.3 is 0 Å². The summed E-state index contributed by atoms with van der Waals surface area (Å²) in [5, 5.41) is 0. The number of amides is 2. The van der Waals surface area contributed by atoms with Gasteiger partial charge in [0, 0.05) is 0 Å². The quantitative estimate of drug-likeness (QED) is 0.609. The first kappa shape index (κ1) is 11.9. The summed E-state index contributed by atoms with van der Waals surface area (Å²) in [4.78, 5) is 26.7. The lowest BCUT2D eigenvalue weighted by molar-refractivity contribution is -0.140. The Kier molecular flexibility index (Phi) is 2.56.